The Kier molecular flexibility index (Phi) is 6.74. The Bertz CT molecular complexity index is 385. The Balaban J connectivity index is 2.46. The van der Waals surface area contributed by atoms with Crippen molar-refractivity contribution in [3.8, 4) is 11.5 Å². The topological polar surface area (TPSA) is 59.6 Å². The number of carbonyl (C=O) groups excluding carboxylic acids is 1. The second-order valence-corrected chi connectivity index (χ2v) is 4.17. The molecule has 0 aliphatic rings. The summed E-state index contributed by atoms with van der Waals surface area (Å²) in [7, 11) is 3.23. The number of amides is 1. The Labute approximate surface area is 114 Å². The molecule has 1 rings (SSSR count). The summed E-state index contributed by atoms with van der Waals surface area (Å²) >= 11 is 0. The maximum Gasteiger partial charge on any atom is 0.233 e. The first-order valence-corrected chi connectivity index (χ1v) is 6.39. The van der Waals surface area contributed by atoms with Crippen LogP contribution < -0.4 is 20.1 Å². The van der Waals surface area contributed by atoms with E-state index in [9.17, 15) is 4.79 Å². The quantitative estimate of drug-likeness (QED) is 0.745. The van der Waals surface area contributed by atoms with Gasteiger partial charge in [0.05, 0.1) is 20.8 Å². The fourth-order valence-electron chi connectivity index (χ4n) is 1.62. The van der Waals surface area contributed by atoms with Gasteiger partial charge in [-0.3, -0.25) is 4.79 Å². The van der Waals surface area contributed by atoms with E-state index < -0.39 is 0 Å². The summed E-state index contributed by atoms with van der Waals surface area (Å²) in [5, 5.41) is 5.90. The molecule has 0 saturated carbocycles. The summed E-state index contributed by atoms with van der Waals surface area (Å²) in [5.74, 6) is 1.50. The number of benzene rings is 1. The van der Waals surface area contributed by atoms with Crippen molar-refractivity contribution in [1.82, 2.24) is 10.6 Å². The zero-order valence-corrected chi connectivity index (χ0v) is 11.8. The van der Waals surface area contributed by atoms with Gasteiger partial charge in [0.1, 0.15) is 11.5 Å². The highest BCUT2D eigenvalue weighted by molar-refractivity contribution is 5.77. The van der Waals surface area contributed by atoms with Crippen molar-refractivity contribution in [3.63, 3.8) is 0 Å². The molecule has 106 valence electrons. The van der Waals surface area contributed by atoms with Gasteiger partial charge in [0.15, 0.2) is 0 Å². The molecule has 0 spiro atoms. The molecule has 1 amide bonds. The zero-order valence-electron chi connectivity index (χ0n) is 11.8. The van der Waals surface area contributed by atoms with Crippen molar-refractivity contribution in [2.24, 2.45) is 0 Å². The molecule has 0 aromatic heterocycles. The van der Waals surface area contributed by atoms with Crippen LogP contribution in [-0.4, -0.2) is 33.2 Å². The smallest absolute Gasteiger partial charge is 0.233 e. The molecule has 5 heteroatoms. The minimum absolute atomic E-state index is 0.0108. The first-order chi connectivity index (χ1) is 9.19. The van der Waals surface area contributed by atoms with Crippen molar-refractivity contribution >= 4 is 5.91 Å². The molecular formula is C14H22N2O3. The lowest BCUT2D eigenvalue weighted by atomic mass is 10.2. The molecule has 5 nitrogen and oxygen atoms in total. The Hall–Kier alpha value is -1.75. The zero-order chi connectivity index (χ0) is 14.1. The third-order valence-corrected chi connectivity index (χ3v) is 2.60. The number of carbonyl (C=O) groups is 1. The minimum Gasteiger partial charge on any atom is -0.497 e. The highest BCUT2D eigenvalue weighted by atomic mass is 16.5. The maximum absolute atomic E-state index is 11.4. The maximum atomic E-state index is 11.4. The van der Waals surface area contributed by atoms with Gasteiger partial charge in [0.2, 0.25) is 5.91 Å². The van der Waals surface area contributed by atoms with Crippen molar-refractivity contribution in [2.75, 3.05) is 27.3 Å². The average molecular weight is 266 g/mol. The predicted molar refractivity (Wildman–Crippen MR) is 74.6 cm³/mol. The summed E-state index contributed by atoms with van der Waals surface area (Å²) < 4.78 is 10.4. The van der Waals surface area contributed by atoms with Gasteiger partial charge < -0.3 is 20.1 Å². The molecule has 0 saturated heterocycles. The van der Waals surface area contributed by atoms with Crippen LogP contribution in [0.5, 0.6) is 11.5 Å². The summed E-state index contributed by atoms with van der Waals surface area (Å²) in [5.41, 5.74) is 1.01. The fraction of sp³-hybridized carbons (Fsp3) is 0.500. The number of nitrogens with one attached hydrogen (secondary N) is 2. The summed E-state index contributed by atoms with van der Waals surface area (Å²) in [4.78, 5) is 11.4. The normalized spacial score (nSPS) is 10.1. The van der Waals surface area contributed by atoms with E-state index in [1.54, 1.807) is 14.2 Å². The van der Waals surface area contributed by atoms with Crippen molar-refractivity contribution < 1.29 is 14.3 Å². The van der Waals surface area contributed by atoms with Crippen molar-refractivity contribution in [1.29, 1.82) is 0 Å². The van der Waals surface area contributed by atoms with Crippen molar-refractivity contribution in [2.45, 2.75) is 19.9 Å². The highest BCUT2D eigenvalue weighted by Gasteiger charge is 2.03. The van der Waals surface area contributed by atoms with E-state index in [2.05, 4.69) is 10.6 Å². The van der Waals surface area contributed by atoms with E-state index in [0.717, 1.165) is 23.5 Å². The lowest BCUT2D eigenvalue weighted by Gasteiger charge is -2.09. The third-order valence-electron chi connectivity index (χ3n) is 2.60. The van der Waals surface area contributed by atoms with Gasteiger partial charge in [0, 0.05) is 19.2 Å². The number of ether oxygens (including phenoxy) is 2. The van der Waals surface area contributed by atoms with Crippen molar-refractivity contribution in [3.05, 3.63) is 23.8 Å². The average Bonchev–Trinajstić information content (AvgIpc) is 2.44. The van der Waals surface area contributed by atoms with Crippen LogP contribution in [0, 0.1) is 0 Å². The third kappa shape index (κ3) is 5.61. The fourth-order valence-corrected chi connectivity index (χ4v) is 1.62. The molecule has 0 radical (unpaired) electrons. The van der Waals surface area contributed by atoms with Crippen LogP contribution in [0.4, 0.5) is 0 Å². The molecule has 2 N–H and O–H groups in total. The van der Waals surface area contributed by atoms with Gasteiger partial charge in [-0.25, -0.2) is 0 Å². The minimum atomic E-state index is 0.0108. The molecule has 0 heterocycles. The van der Waals surface area contributed by atoms with Gasteiger partial charge in [-0.1, -0.05) is 6.92 Å². The summed E-state index contributed by atoms with van der Waals surface area (Å²) in [6, 6.07) is 5.65. The Morgan fingerprint density at radius 1 is 1.16 bits per heavy atom. The molecule has 0 bridgehead atoms. The highest BCUT2D eigenvalue weighted by Crippen LogP contribution is 2.22. The Morgan fingerprint density at radius 3 is 2.32 bits per heavy atom. The molecule has 0 atom stereocenters. The second kappa shape index (κ2) is 8.37. The van der Waals surface area contributed by atoms with Crippen LogP contribution in [0.1, 0.15) is 18.9 Å². The molecule has 0 fully saturated rings. The SMILES string of the molecule is CCCNC(=O)CNCc1cc(OC)cc(OC)c1. The monoisotopic (exact) mass is 266 g/mol. The van der Waals surface area contributed by atoms with E-state index in [0.29, 0.717) is 19.6 Å². The van der Waals surface area contributed by atoms with Gasteiger partial charge in [-0.2, -0.15) is 0 Å². The molecule has 0 unspecified atom stereocenters. The van der Waals surface area contributed by atoms with E-state index in [4.69, 9.17) is 9.47 Å². The van der Waals surface area contributed by atoms with Gasteiger partial charge >= 0.3 is 0 Å². The molecule has 1 aromatic rings. The first-order valence-electron chi connectivity index (χ1n) is 6.39. The van der Waals surface area contributed by atoms with Gasteiger partial charge in [-0.15, -0.1) is 0 Å². The van der Waals surface area contributed by atoms with Crippen LogP contribution in [0.15, 0.2) is 18.2 Å². The standard InChI is InChI=1S/C14H22N2O3/c1-4-5-16-14(17)10-15-9-11-6-12(18-2)8-13(7-11)19-3/h6-8,15H,4-5,9-10H2,1-3H3,(H,16,17). The Morgan fingerprint density at radius 2 is 1.79 bits per heavy atom. The summed E-state index contributed by atoms with van der Waals surface area (Å²) in [6.45, 7) is 3.64. The van der Waals surface area contributed by atoms with Crippen LogP contribution in [0.3, 0.4) is 0 Å². The number of rotatable bonds is 8. The predicted octanol–water partition coefficient (Wildman–Crippen LogP) is 1.32. The molecular weight excluding hydrogens is 244 g/mol. The van der Waals surface area contributed by atoms with Crippen LogP contribution in [0.25, 0.3) is 0 Å². The number of methoxy groups -OCH3 is 2. The number of hydrogen-bond donors (Lipinski definition) is 2. The lowest BCUT2D eigenvalue weighted by Crippen LogP contribution is -2.33. The van der Waals surface area contributed by atoms with E-state index >= 15 is 0 Å². The van der Waals surface area contributed by atoms with E-state index in [1.807, 2.05) is 25.1 Å². The largest absolute Gasteiger partial charge is 0.497 e. The molecule has 1 aromatic carbocycles. The molecule has 0 aliphatic carbocycles. The van der Waals surface area contributed by atoms with E-state index in [1.165, 1.54) is 0 Å². The first kappa shape index (κ1) is 15.3. The number of hydrogen-bond acceptors (Lipinski definition) is 4. The molecule has 19 heavy (non-hydrogen) atoms. The second-order valence-electron chi connectivity index (χ2n) is 4.17. The molecule has 0 aliphatic heterocycles. The van der Waals surface area contributed by atoms with Crippen LogP contribution >= 0.6 is 0 Å². The van der Waals surface area contributed by atoms with Crippen LogP contribution in [-0.2, 0) is 11.3 Å². The van der Waals surface area contributed by atoms with Gasteiger partial charge in [-0.05, 0) is 24.1 Å². The lowest BCUT2D eigenvalue weighted by molar-refractivity contribution is -0.120. The van der Waals surface area contributed by atoms with Crippen LogP contribution in [0.2, 0.25) is 0 Å². The van der Waals surface area contributed by atoms with E-state index in [-0.39, 0.29) is 5.91 Å². The van der Waals surface area contributed by atoms with Gasteiger partial charge in [0.25, 0.3) is 0 Å². The summed E-state index contributed by atoms with van der Waals surface area (Å²) in [6.07, 6.45) is 0.943.